The highest BCUT2D eigenvalue weighted by atomic mass is 16.5. The first-order valence-corrected chi connectivity index (χ1v) is 4.44. The number of aromatic amines is 1. The van der Waals surface area contributed by atoms with Crippen LogP contribution in [0.5, 0.6) is 0 Å². The second-order valence-corrected chi connectivity index (χ2v) is 3.10. The maximum Gasteiger partial charge on any atom is 0.224 e. The third kappa shape index (κ3) is 3.18. The van der Waals surface area contributed by atoms with Crippen LogP contribution in [0, 0.1) is 0 Å². The number of hydrogen-bond acceptors (Lipinski definition) is 3. The molecule has 78 valence electrons. The van der Waals surface area contributed by atoms with E-state index in [1.54, 1.807) is 31.5 Å². The number of carbonyl (C=O) groups excluding carboxylic acids is 1. The molecule has 1 rings (SSSR count). The lowest BCUT2D eigenvalue weighted by Crippen LogP contribution is -2.26. The van der Waals surface area contributed by atoms with Crippen molar-refractivity contribution < 1.29 is 9.53 Å². The van der Waals surface area contributed by atoms with Crippen molar-refractivity contribution in [3.8, 4) is 0 Å². The topological polar surface area (TPSA) is 58.2 Å². The molecule has 0 radical (unpaired) electrons. The zero-order valence-electron chi connectivity index (χ0n) is 8.49. The van der Waals surface area contributed by atoms with Gasteiger partial charge in [-0.1, -0.05) is 0 Å². The number of carbonyl (C=O) groups is 1. The van der Waals surface area contributed by atoms with Gasteiger partial charge in [-0.15, -0.1) is 0 Å². The van der Waals surface area contributed by atoms with Crippen molar-refractivity contribution in [1.82, 2.24) is 15.1 Å². The van der Waals surface area contributed by atoms with Crippen LogP contribution in [0.25, 0.3) is 0 Å². The van der Waals surface area contributed by atoms with Crippen LogP contribution in [0.3, 0.4) is 0 Å². The highest BCUT2D eigenvalue weighted by Crippen LogP contribution is 2.01. The summed E-state index contributed by atoms with van der Waals surface area (Å²) in [6.07, 6.45) is 3.91. The van der Waals surface area contributed by atoms with Crippen LogP contribution in [-0.4, -0.2) is 41.8 Å². The monoisotopic (exact) mass is 197 g/mol. The predicted molar refractivity (Wildman–Crippen MR) is 51.6 cm³/mol. The Labute approximate surface area is 83.1 Å². The molecule has 0 aliphatic heterocycles. The van der Waals surface area contributed by atoms with Gasteiger partial charge < -0.3 is 9.64 Å². The molecule has 0 aliphatic rings. The van der Waals surface area contributed by atoms with Crippen molar-refractivity contribution in [2.24, 2.45) is 0 Å². The molecule has 1 heterocycles. The number of nitrogens with zero attached hydrogens (tertiary/aromatic N) is 2. The molecule has 14 heavy (non-hydrogen) atoms. The lowest BCUT2D eigenvalue weighted by molar-refractivity contribution is -0.131. The van der Waals surface area contributed by atoms with Crippen LogP contribution < -0.4 is 0 Å². The Kier molecular flexibility index (Phi) is 4.12. The minimum absolute atomic E-state index is 0.0769. The van der Waals surface area contributed by atoms with Gasteiger partial charge in [0, 0.05) is 32.5 Å². The summed E-state index contributed by atoms with van der Waals surface area (Å²) < 4.78 is 4.83. The number of ether oxygens (including phenoxy) is 1. The van der Waals surface area contributed by atoms with Gasteiger partial charge in [-0.2, -0.15) is 5.10 Å². The average Bonchev–Trinajstić information content (AvgIpc) is 2.66. The number of nitrogens with one attached hydrogen (secondary N) is 1. The van der Waals surface area contributed by atoms with Crippen molar-refractivity contribution in [3.05, 3.63) is 18.0 Å². The number of aromatic nitrogens is 2. The van der Waals surface area contributed by atoms with E-state index < -0.39 is 0 Å². The number of amides is 1. The maximum atomic E-state index is 11.4. The molecule has 1 aromatic rings. The van der Waals surface area contributed by atoms with Gasteiger partial charge in [0.2, 0.25) is 5.91 Å². The summed E-state index contributed by atoms with van der Waals surface area (Å²) in [5.74, 6) is 0.0769. The van der Waals surface area contributed by atoms with E-state index in [-0.39, 0.29) is 5.91 Å². The van der Waals surface area contributed by atoms with Gasteiger partial charge in [0.05, 0.1) is 19.2 Å². The Bertz CT molecular complexity index is 272. The minimum atomic E-state index is 0.0769. The summed E-state index contributed by atoms with van der Waals surface area (Å²) >= 11 is 0. The molecule has 1 N–H and O–H groups in total. The molecule has 0 aromatic carbocycles. The van der Waals surface area contributed by atoms with E-state index in [0.717, 1.165) is 5.56 Å². The Morgan fingerprint density at radius 1 is 1.71 bits per heavy atom. The first kappa shape index (κ1) is 10.7. The van der Waals surface area contributed by atoms with Gasteiger partial charge in [-0.25, -0.2) is 0 Å². The summed E-state index contributed by atoms with van der Waals surface area (Å²) in [7, 11) is 3.36. The molecule has 1 amide bonds. The molecule has 0 unspecified atom stereocenters. The third-order valence-corrected chi connectivity index (χ3v) is 1.92. The molecule has 0 atom stereocenters. The van der Waals surface area contributed by atoms with Crippen molar-refractivity contribution in [2.75, 3.05) is 20.8 Å². The SMILES string of the molecule is COCCC(=O)N(C)Cc1cn[nH]c1. The maximum absolute atomic E-state index is 11.4. The van der Waals surface area contributed by atoms with E-state index in [9.17, 15) is 4.79 Å². The highest BCUT2D eigenvalue weighted by Gasteiger charge is 2.08. The van der Waals surface area contributed by atoms with Gasteiger partial charge in [0.1, 0.15) is 0 Å². The van der Waals surface area contributed by atoms with Crippen molar-refractivity contribution in [2.45, 2.75) is 13.0 Å². The van der Waals surface area contributed by atoms with Crippen molar-refractivity contribution >= 4 is 5.91 Å². The molecule has 0 bridgehead atoms. The summed E-state index contributed by atoms with van der Waals surface area (Å²) in [6.45, 7) is 1.05. The molecule has 0 saturated heterocycles. The summed E-state index contributed by atoms with van der Waals surface area (Å²) in [4.78, 5) is 13.1. The minimum Gasteiger partial charge on any atom is -0.384 e. The van der Waals surface area contributed by atoms with Crippen LogP contribution >= 0.6 is 0 Å². The lowest BCUT2D eigenvalue weighted by atomic mass is 10.3. The Balaban J connectivity index is 2.34. The Morgan fingerprint density at radius 3 is 3.07 bits per heavy atom. The fourth-order valence-corrected chi connectivity index (χ4v) is 1.11. The van der Waals surface area contributed by atoms with Crippen molar-refractivity contribution in [3.63, 3.8) is 0 Å². The largest absolute Gasteiger partial charge is 0.384 e. The standard InChI is InChI=1S/C9H15N3O2/c1-12(9(13)3-4-14-2)7-8-5-10-11-6-8/h5-6H,3-4,7H2,1-2H3,(H,10,11). The van der Waals surface area contributed by atoms with E-state index in [4.69, 9.17) is 4.74 Å². The van der Waals surface area contributed by atoms with Gasteiger partial charge >= 0.3 is 0 Å². The van der Waals surface area contributed by atoms with E-state index in [1.807, 2.05) is 0 Å². The van der Waals surface area contributed by atoms with E-state index in [1.165, 1.54) is 0 Å². The van der Waals surface area contributed by atoms with Crippen LogP contribution in [0.15, 0.2) is 12.4 Å². The van der Waals surface area contributed by atoms with Crippen LogP contribution in [0.2, 0.25) is 0 Å². The zero-order chi connectivity index (χ0) is 10.4. The molecule has 0 fully saturated rings. The quantitative estimate of drug-likeness (QED) is 0.743. The predicted octanol–water partition coefficient (Wildman–Crippen LogP) is 0.405. The van der Waals surface area contributed by atoms with E-state index in [2.05, 4.69) is 10.2 Å². The van der Waals surface area contributed by atoms with Gasteiger partial charge in [-0.05, 0) is 0 Å². The lowest BCUT2D eigenvalue weighted by Gasteiger charge is -2.15. The molecule has 5 nitrogen and oxygen atoms in total. The number of hydrogen-bond donors (Lipinski definition) is 1. The number of rotatable bonds is 5. The normalized spacial score (nSPS) is 10.1. The Morgan fingerprint density at radius 2 is 2.50 bits per heavy atom. The van der Waals surface area contributed by atoms with Crippen molar-refractivity contribution in [1.29, 1.82) is 0 Å². The summed E-state index contributed by atoms with van der Waals surface area (Å²) in [6, 6.07) is 0. The van der Waals surface area contributed by atoms with E-state index in [0.29, 0.717) is 19.6 Å². The zero-order valence-corrected chi connectivity index (χ0v) is 8.49. The molecule has 5 heteroatoms. The second kappa shape index (κ2) is 5.39. The molecule has 0 aliphatic carbocycles. The highest BCUT2D eigenvalue weighted by molar-refractivity contribution is 5.75. The Hall–Kier alpha value is -1.36. The summed E-state index contributed by atoms with van der Waals surface area (Å²) in [5.41, 5.74) is 0.998. The smallest absolute Gasteiger partial charge is 0.224 e. The first-order valence-electron chi connectivity index (χ1n) is 4.44. The average molecular weight is 197 g/mol. The van der Waals surface area contributed by atoms with Gasteiger partial charge in [0.25, 0.3) is 0 Å². The molecular formula is C9H15N3O2. The van der Waals surface area contributed by atoms with Crippen LogP contribution in [0.4, 0.5) is 0 Å². The molecule has 0 saturated carbocycles. The molecular weight excluding hydrogens is 182 g/mol. The van der Waals surface area contributed by atoms with Crippen LogP contribution in [0.1, 0.15) is 12.0 Å². The molecule has 0 spiro atoms. The summed E-state index contributed by atoms with van der Waals surface area (Å²) in [5, 5.41) is 6.51. The third-order valence-electron chi connectivity index (χ3n) is 1.92. The fourth-order valence-electron chi connectivity index (χ4n) is 1.11. The van der Waals surface area contributed by atoms with Gasteiger partial charge in [0.15, 0.2) is 0 Å². The number of methoxy groups -OCH3 is 1. The van der Waals surface area contributed by atoms with Crippen LogP contribution in [-0.2, 0) is 16.1 Å². The molecule has 1 aromatic heterocycles. The van der Waals surface area contributed by atoms with E-state index >= 15 is 0 Å². The fraction of sp³-hybridized carbons (Fsp3) is 0.556. The first-order chi connectivity index (χ1) is 6.74. The van der Waals surface area contributed by atoms with Gasteiger partial charge in [-0.3, -0.25) is 9.89 Å². The second-order valence-electron chi connectivity index (χ2n) is 3.10. The number of H-pyrrole nitrogens is 1.